The third-order valence-electron chi connectivity index (χ3n) is 5.27. The SMILES string of the molecule is CCCC(=O)Sc1sc2cc3c(C(=O)CCC)c(SC(=O)CCC)sc3cc2c1C(=O)CCC. The van der Waals surface area contributed by atoms with Crippen LogP contribution in [0.2, 0.25) is 0 Å². The van der Waals surface area contributed by atoms with Gasteiger partial charge >= 0.3 is 0 Å². The minimum Gasteiger partial charge on any atom is -0.294 e. The summed E-state index contributed by atoms with van der Waals surface area (Å²) in [4.78, 5) is 51.0. The van der Waals surface area contributed by atoms with Crippen LogP contribution < -0.4 is 0 Å². The summed E-state index contributed by atoms with van der Waals surface area (Å²) in [5.74, 6) is 0.0953. The van der Waals surface area contributed by atoms with Crippen molar-refractivity contribution in [3.63, 3.8) is 0 Å². The minimum atomic E-state index is 0.0476. The molecule has 0 atom stereocenters. The van der Waals surface area contributed by atoms with E-state index in [1.54, 1.807) is 0 Å². The van der Waals surface area contributed by atoms with Gasteiger partial charge in [-0.25, -0.2) is 0 Å². The fourth-order valence-electron chi connectivity index (χ4n) is 3.73. The predicted molar refractivity (Wildman–Crippen MR) is 147 cm³/mol. The maximum Gasteiger partial charge on any atom is 0.194 e. The van der Waals surface area contributed by atoms with Gasteiger partial charge in [0.25, 0.3) is 0 Å². The van der Waals surface area contributed by atoms with E-state index in [0.29, 0.717) is 36.8 Å². The molecule has 0 saturated carbocycles. The third-order valence-corrected chi connectivity index (χ3v) is 9.80. The molecule has 0 unspecified atom stereocenters. The Morgan fingerprint density at radius 2 is 0.971 bits per heavy atom. The Kier molecular flexibility index (Phi) is 9.95. The summed E-state index contributed by atoms with van der Waals surface area (Å²) in [5, 5.41) is 1.81. The standard InChI is InChI=1S/C26H30O4S4/c1-5-9-17(27)23-15-13-20-16(14-19(15)31-25(23)33-21(29)11-7-3)24(18(28)10-6-2)26(32-20)34-22(30)12-8-4/h13-14H,5-12H2,1-4H3. The van der Waals surface area contributed by atoms with E-state index < -0.39 is 0 Å². The first-order valence-corrected chi connectivity index (χ1v) is 15.1. The lowest BCUT2D eigenvalue weighted by Crippen LogP contribution is -2.00. The molecule has 34 heavy (non-hydrogen) atoms. The number of rotatable bonds is 12. The molecule has 1 aromatic carbocycles. The molecule has 3 aromatic rings. The summed E-state index contributed by atoms with van der Waals surface area (Å²) in [6.45, 7) is 7.88. The van der Waals surface area contributed by atoms with Gasteiger partial charge in [-0.05, 0) is 61.3 Å². The average molecular weight is 535 g/mol. The molecule has 0 amide bonds. The van der Waals surface area contributed by atoms with Crippen molar-refractivity contribution in [1.29, 1.82) is 0 Å². The smallest absolute Gasteiger partial charge is 0.194 e. The van der Waals surface area contributed by atoms with Crippen molar-refractivity contribution in [3.8, 4) is 0 Å². The Balaban J connectivity index is 2.21. The van der Waals surface area contributed by atoms with Crippen LogP contribution in [0.25, 0.3) is 20.2 Å². The lowest BCUT2D eigenvalue weighted by atomic mass is 10.0. The number of fused-ring (bicyclic) bond motifs is 2. The van der Waals surface area contributed by atoms with Crippen molar-refractivity contribution in [2.45, 2.75) is 87.5 Å². The van der Waals surface area contributed by atoms with E-state index in [-0.39, 0.29) is 21.8 Å². The van der Waals surface area contributed by atoms with E-state index in [4.69, 9.17) is 0 Å². The first-order chi connectivity index (χ1) is 16.3. The van der Waals surface area contributed by atoms with Crippen molar-refractivity contribution in [1.82, 2.24) is 0 Å². The molecule has 0 N–H and O–H groups in total. The molecule has 0 aliphatic heterocycles. The van der Waals surface area contributed by atoms with Crippen LogP contribution in [0.15, 0.2) is 20.6 Å². The van der Waals surface area contributed by atoms with Crippen LogP contribution in [-0.4, -0.2) is 21.8 Å². The quantitative estimate of drug-likeness (QED) is 0.171. The molecule has 4 nitrogen and oxygen atoms in total. The number of Topliss-reactive ketones (excluding diaryl/α,β-unsaturated/α-hetero) is 2. The van der Waals surface area contributed by atoms with Crippen LogP contribution in [0.4, 0.5) is 0 Å². The lowest BCUT2D eigenvalue weighted by Gasteiger charge is -2.03. The Morgan fingerprint density at radius 3 is 1.29 bits per heavy atom. The molecular weight excluding hydrogens is 505 g/mol. The fourth-order valence-corrected chi connectivity index (χ4v) is 8.79. The second-order valence-corrected chi connectivity index (χ2v) is 12.9. The highest BCUT2D eigenvalue weighted by molar-refractivity contribution is 8.15. The van der Waals surface area contributed by atoms with Gasteiger partial charge in [-0.2, -0.15) is 0 Å². The zero-order valence-electron chi connectivity index (χ0n) is 20.1. The highest BCUT2D eigenvalue weighted by Crippen LogP contribution is 2.46. The first kappa shape index (κ1) is 27.1. The molecule has 2 aromatic heterocycles. The highest BCUT2D eigenvalue weighted by atomic mass is 32.2. The number of hydrogen-bond donors (Lipinski definition) is 0. The van der Waals surface area contributed by atoms with Crippen LogP contribution in [0.5, 0.6) is 0 Å². The summed E-state index contributed by atoms with van der Waals surface area (Å²) in [6, 6.07) is 3.97. The van der Waals surface area contributed by atoms with Crippen molar-refractivity contribution < 1.29 is 19.2 Å². The zero-order chi connectivity index (χ0) is 24.8. The molecule has 0 fully saturated rings. The molecular formula is C26H30O4S4. The molecule has 182 valence electrons. The Labute approximate surface area is 217 Å². The summed E-state index contributed by atoms with van der Waals surface area (Å²) in [6.07, 6.45) is 4.80. The number of thiophene rings is 2. The summed E-state index contributed by atoms with van der Waals surface area (Å²) in [7, 11) is 0. The van der Waals surface area contributed by atoms with Crippen LogP contribution in [0.3, 0.4) is 0 Å². The van der Waals surface area contributed by atoms with Gasteiger partial charge in [0.2, 0.25) is 0 Å². The van der Waals surface area contributed by atoms with E-state index in [1.165, 1.54) is 46.2 Å². The Bertz CT molecular complexity index is 1140. The van der Waals surface area contributed by atoms with Gasteiger partial charge in [-0.3, -0.25) is 19.2 Å². The summed E-state index contributed by atoms with van der Waals surface area (Å²) >= 11 is 5.24. The number of thioether (sulfide) groups is 2. The van der Waals surface area contributed by atoms with Gasteiger partial charge in [0.05, 0.1) is 19.5 Å². The molecule has 0 bridgehead atoms. The molecule has 0 radical (unpaired) electrons. The van der Waals surface area contributed by atoms with Crippen molar-refractivity contribution in [2.75, 3.05) is 0 Å². The summed E-state index contributed by atoms with van der Waals surface area (Å²) in [5.41, 5.74) is 1.26. The normalized spacial score (nSPS) is 11.4. The molecule has 3 rings (SSSR count). The van der Waals surface area contributed by atoms with Gasteiger partial charge in [0, 0.05) is 45.9 Å². The van der Waals surface area contributed by atoms with E-state index in [2.05, 4.69) is 0 Å². The van der Waals surface area contributed by atoms with Gasteiger partial charge in [0.1, 0.15) is 0 Å². The number of carbonyl (C=O) groups excluding carboxylic acids is 4. The van der Waals surface area contributed by atoms with Crippen molar-refractivity contribution in [3.05, 3.63) is 23.3 Å². The fraction of sp³-hybridized carbons (Fsp3) is 0.462. The number of hydrogen-bond acceptors (Lipinski definition) is 8. The lowest BCUT2D eigenvalue weighted by molar-refractivity contribution is -0.111. The van der Waals surface area contributed by atoms with E-state index >= 15 is 0 Å². The summed E-state index contributed by atoms with van der Waals surface area (Å²) < 4.78 is 3.30. The third kappa shape index (κ3) is 6.01. The van der Waals surface area contributed by atoms with Crippen LogP contribution in [0.1, 0.15) is 99.8 Å². The van der Waals surface area contributed by atoms with E-state index in [1.807, 2.05) is 39.8 Å². The maximum atomic E-state index is 13.1. The number of benzene rings is 1. The van der Waals surface area contributed by atoms with Crippen LogP contribution >= 0.6 is 46.2 Å². The molecule has 8 heteroatoms. The minimum absolute atomic E-state index is 0.0476. The molecule has 0 aliphatic carbocycles. The van der Waals surface area contributed by atoms with Gasteiger partial charge in [-0.15, -0.1) is 22.7 Å². The average Bonchev–Trinajstić information content (AvgIpc) is 3.28. The topological polar surface area (TPSA) is 68.3 Å². The van der Waals surface area contributed by atoms with Crippen LogP contribution in [-0.2, 0) is 9.59 Å². The Morgan fingerprint density at radius 1 is 0.618 bits per heavy atom. The maximum absolute atomic E-state index is 13.1. The van der Waals surface area contributed by atoms with Crippen molar-refractivity contribution in [2.24, 2.45) is 0 Å². The Hall–Kier alpha value is -1.48. The monoisotopic (exact) mass is 534 g/mol. The van der Waals surface area contributed by atoms with Crippen LogP contribution in [0, 0.1) is 0 Å². The largest absolute Gasteiger partial charge is 0.294 e. The molecule has 2 heterocycles. The van der Waals surface area contributed by atoms with Crippen molar-refractivity contribution >= 4 is 88.2 Å². The second-order valence-electron chi connectivity index (χ2n) is 8.17. The molecule has 0 saturated heterocycles. The molecule has 0 spiro atoms. The highest BCUT2D eigenvalue weighted by Gasteiger charge is 2.25. The second kappa shape index (κ2) is 12.5. The van der Waals surface area contributed by atoms with E-state index in [9.17, 15) is 19.2 Å². The number of ketones is 2. The first-order valence-electron chi connectivity index (χ1n) is 11.8. The zero-order valence-corrected chi connectivity index (χ0v) is 23.3. The van der Waals surface area contributed by atoms with Gasteiger partial charge in [-0.1, -0.05) is 27.7 Å². The van der Waals surface area contributed by atoms with E-state index in [0.717, 1.165) is 54.3 Å². The molecule has 0 aliphatic rings. The predicted octanol–water partition coefficient (Wildman–Crippen LogP) is 8.92. The number of carbonyl (C=O) groups is 4. The van der Waals surface area contributed by atoms with Gasteiger partial charge < -0.3 is 0 Å². The van der Waals surface area contributed by atoms with Gasteiger partial charge in [0.15, 0.2) is 21.8 Å².